The Morgan fingerprint density at radius 1 is 1.17 bits per heavy atom. The van der Waals surface area contributed by atoms with Crippen molar-refractivity contribution >= 4 is 28.7 Å². The van der Waals surface area contributed by atoms with Gasteiger partial charge in [-0.05, 0) is 42.9 Å². The van der Waals surface area contributed by atoms with Gasteiger partial charge in [-0.1, -0.05) is 44.9 Å². The zero-order valence-electron chi connectivity index (χ0n) is 20.5. The predicted molar refractivity (Wildman–Crippen MR) is 131 cm³/mol. The molecule has 2 aliphatic rings. The molecule has 0 spiro atoms. The first-order valence-corrected chi connectivity index (χ1v) is 12.7. The number of nitrogens with one attached hydrogen (secondary N) is 2. The first-order valence-electron chi connectivity index (χ1n) is 12.7. The Kier molecular flexibility index (Phi) is 8.33. The van der Waals surface area contributed by atoms with Gasteiger partial charge in [-0.3, -0.25) is 19.4 Å². The quantitative estimate of drug-likeness (QED) is 0.505. The van der Waals surface area contributed by atoms with Crippen molar-refractivity contribution in [2.75, 3.05) is 6.54 Å². The number of benzene rings is 1. The van der Waals surface area contributed by atoms with Crippen molar-refractivity contribution in [3.8, 4) is 0 Å². The van der Waals surface area contributed by atoms with E-state index in [1.165, 1.54) is 0 Å². The van der Waals surface area contributed by atoms with Crippen molar-refractivity contribution in [2.24, 2.45) is 11.8 Å². The van der Waals surface area contributed by atoms with Crippen LogP contribution in [-0.2, 0) is 30.3 Å². The SMILES string of the molecule is CC(C)[C@H](CC(=O)NCCc1cccc2ncccc12)C(=O)N[C@H]1CC(=O)O[C@@H]1OC1CCCC1. The highest BCUT2D eigenvalue weighted by Crippen LogP contribution is 2.27. The molecule has 0 unspecified atom stereocenters. The third-order valence-electron chi connectivity index (χ3n) is 6.92. The summed E-state index contributed by atoms with van der Waals surface area (Å²) in [5.41, 5.74) is 2.05. The van der Waals surface area contributed by atoms with E-state index in [1.807, 2.05) is 44.2 Å². The second kappa shape index (κ2) is 11.6. The minimum absolute atomic E-state index is 0.0443. The maximum Gasteiger partial charge on any atom is 0.310 e. The fourth-order valence-corrected chi connectivity index (χ4v) is 4.91. The van der Waals surface area contributed by atoms with Crippen LogP contribution in [0.2, 0.25) is 0 Å². The van der Waals surface area contributed by atoms with E-state index in [4.69, 9.17) is 9.47 Å². The van der Waals surface area contributed by atoms with Gasteiger partial charge in [0, 0.05) is 30.5 Å². The van der Waals surface area contributed by atoms with E-state index < -0.39 is 18.2 Å². The average molecular weight is 482 g/mol. The van der Waals surface area contributed by atoms with E-state index in [9.17, 15) is 14.4 Å². The Labute approximate surface area is 206 Å². The Morgan fingerprint density at radius 3 is 2.74 bits per heavy atom. The number of rotatable bonds is 10. The fourth-order valence-electron chi connectivity index (χ4n) is 4.91. The van der Waals surface area contributed by atoms with Crippen molar-refractivity contribution in [3.05, 3.63) is 42.1 Å². The lowest BCUT2D eigenvalue weighted by atomic mass is 9.90. The highest BCUT2D eigenvalue weighted by Gasteiger charge is 2.40. The van der Waals surface area contributed by atoms with Crippen molar-refractivity contribution in [3.63, 3.8) is 0 Å². The van der Waals surface area contributed by atoms with Crippen LogP contribution in [0.25, 0.3) is 10.9 Å². The highest BCUT2D eigenvalue weighted by atomic mass is 16.7. The summed E-state index contributed by atoms with van der Waals surface area (Å²) in [6, 6.07) is 9.38. The number of aromatic nitrogens is 1. The minimum Gasteiger partial charge on any atom is -0.433 e. The Balaban J connectivity index is 1.29. The highest BCUT2D eigenvalue weighted by molar-refractivity contribution is 5.87. The Bertz CT molecular complexity index is 1040. The van der Waals surface area contributed by atoms with Crippen molar-refractivity contribution in [2.45, 2.75) is 77.2 Å². The van der Waals surface area contributed by atoms with Crippen LogP contribution in [0, 0.1) is 11.8 Å². The predicted octanol–water partition coefficient (Wildman–Crippen LogP) is 3.27. The number of carbonyl (C=O) groups excluding carboxylic acids is 3. The summed E-state index contributed by atoms with van der Waals surface area (Å²) in [6.07, 6.45) is 6.00. The zero-order valence-corrected chi connectivity index (χ0v) is 20.5. The number of hydrogen-bond acceptors (Lipinski definition) is 6. The summed E-state index contributed by atoms with van der Waals surface area (Å²) >= 11 is 0. The maximum atomic E-state index is 13.1. The number of cyclic esters (lactones) is 1. The van der Waals surface area contributed by atoms with E-state index in [-0.39, 0.29) is 42.6 Å². The molecule has 1 aliphatic carbocycles. The molecule has 4 rings (SSSR count). The summed E-state index contributed by atoms with van der Waals surface area (Å²) in [5, 5.41) is 6.95. The van der Waals surface area contributed by atoms with Crippen LogP contribution in [0.4, 0.5) is 0 Å². The van der Waals surface area contributed by atoms with Crippen molar-refractivity contribution in [1.82, 2.24) is 15.6 Å². The largest absolute Gasteiger partial charge is 0.433 e. The summed E-state index contributed by atoms with van der Waals surface area (Å²) < 4.78 is 11.3. The lowest BCUT2D eigenvalue weighted by molar-refractivity contribution is -0.176. The maximum absolute atomic E-state index is 13.1. The second-order valence-electron chi connectivity index (χ2n) is 9.86. The summed E-state index contributed by atoms with van der Waals surface area (Å²) in [4.78, 5) is 42.0. The van der Waals surface area contributed by atoms with Gasteiger partial charge in [0.1, 0.15) is 6.04 Å². The number of ether oxygens (including phenoxy) is 2. The summed E-state index contributed by atoms with van der Waals surface area (Å²) in [5.74, 6) is -1.36. The first kappa shape index (κ1) is 25.1. The topological polar surface area (TPSA) is 107 Å². The smallest absolute Gasteiger partial charge is 0.310 e. The van der Waals surface area contributed by atoms with Crippen LogP contribution in [0.5, 0.6) is 0 Å². The molecule has 2 amide bonds. The molecular weight excluding hydrogens is 446 g/mol. The van der Waals surface area contributed by atoms with E-state index in [0.717, 1.165) is 42.1 Å². The van der Waals surface area contributed by atoms with Crippen molar-refractivity contribution < 1.29 is 23.9 Å². The lowest BCUT2D eigenvalue weighted by Gasteiger charge is -2.26. The molecule has 8 heteroatoms. The van der Waals surface area contributed by atoms with Crippen LogP contribution in [-0.4, -0.2) is 47.7 Å². The summed E-state index contributed by atoms with van der Waals surface area (Å²) in [6.45, 7) is 4.31. The first-order chi connectivity index (χ1) is 16.9. The van der Waals surface area contributed by atoms with Gasteiger partial charge in [0.25, 0.3) is 0 Å². The molecule has 8 nitrogen and oxygen atoms in total. The van der Waals surface area contributed by atoms with Gasteiger partial charge < -0.3 is 20.1 Å². The molecule has 0 radical (unpaired) electrons. The minimum atomic E-state index is -0.758. The summed E-state index contributed by atoms with van der Waals surface area (Å²) in [7, 11) is 0. The number of hydrogen-bond donors (Lipinski definition) is 2. The van der Waals surface area contributed by atoms with Gasteiger partial charge >= 0.3 is 5.97 Å². The molecule has 1 saturated heterocycles. The molecule has 1 aromatic carbocycles. The molecule has 1 aromatic heterocycles. The molecule has 3 atom stereocenters. The van der Waals surface area contributed by atoms with Gasteiger partial charge in [-0.15, -0.1) is 0 Å². The molecule has 2 fully saturated rings. The third-order valence-corrected chi connectivity index (χ3v) is 6.92. The Morgan fingerprint density at radius 2 is 1.97 bits per heavy atom. The number of esters is 1. The van der Waals surface area contributed by atoms with Gasteiger partial charge in [0.15, 0.2) is 0 Å². The second-order valence-corrected chi connectivity index (χ2v) is 9.86. The van der Waals surface area contributed by atoms with E-state index >= 15 is 0 Å². The van der Waals surface area contributed by atoms with Crippen LogP contribution < -0.4 is 10.6 Å². The van der Waals surface area contributed by atoms with E-state index in [2.05, 4.69) is 15.6 Å². The number of pyridine rings is 1. The zero-order chi connectivity index (χ0) is 24.8. The van der Waals surface area contributed by atoms with Crippen LogP contribution >= 0.6 is 0 Å². The molecule has 35 heavy (non-hydrogen) atoms. The molecule has 2 N–H and O–H groups in total. The Hall–Kier alpha value is -3.00. The molecule has 0 bridgehead atoms. The number of amides is 2. The fraction of sp³-hybridized carbons (Fsp3) is 0.556. The van der Waals surface area contributed by atoms with E-state index in [0.29, 0.717) is 13.0 Å². The normalized spacial score (nSPS) is 21.3. The van der Waals surface area contributed by atoms with Gasteiger partial charge in [-0.2, -0.15) is 0 Å². The van der Waals surface area contributed by atoms with Gasteiger partial charge in [0.2, 0.25) is 18.1 Å². The van der Waals surface area contributed by atoms with Crippen LogP contribution in [0.3, 0.4) is 0 Å². The molecule has 1 saturated carbocycles. The monoisotopic (exact) mass is 481 g/mol. The lowest BCUT2D eigenvalue weighted by Crippen LogP contribution is -2.47. The molecule has 188 valence electrons. The van der Waals surface area contributed by atoms with E-state index in [1.54, 1.807) is 6.20 Å². The molecular formula is C27H35N3O5. The van der Waals surface area contributed by atoms with Gasteiger partial charge in [0.05, 0.1) is 18.0 Å². The number of fused-ring (bicyclic) bond motifs is 1. The van der Waals surface area contributed by atoms with Gasteiger partial charge in [-0.25, -0.2) is 0 Å². The molecule has 2 heterocycles. The number of carbonyl (C=O) groups is 3. The number of nitrogens with zero attached hydrogens (tertiary/aromatic N) is 1. The average Bonchev–Trinajstić information content (AvgIpc) is 3.47. The van der Waals surface area contributed by atoms with Crippen LogP contribution in [0.15, 0.2) is 36.5 Å². The molecule has 1 aliphatic heterocycles. The van der Waals surface area contributed by atoms with Crippen LogP contribution in [0.1, 0.15) is 57.9 Å². The third kappa shape index (κ3) is 6.57. The van der Waals surface area contributed by atoms with Crippen molar-refractivity contribution in [1.29, 1.82) is 0 Å². The molecule has 2 aromatic rings. The standard InChI is InChI=1S/C27H35N3O5/c1-17(2)21(26(33)30-23-16-25(32)35-27(23)34-19-8-3-4-9-19)15-24(31)29-14-12-18-7-5-11-22-20(18)10-6-13-28-22/h5-7,10-11,13,17,19,21,23,27H,3-4,8-9,12,14-16H2,1-2H3,(H,29,31)(H,30,33)/t21-,23-,27-/m0/s1.